The normalized spacial score (nSPS) is 29.3. The summed E-state index contributed by atoms with van der Waals surface area (Å²) in [5, 5.41) is 15.1. The summed E-state index contributed by atoms with van der Waals surface area (Å²) in [5.41, 5.74) is 0.539. The van der Waals surface area contributed by atoms with Crippen LogP contribution in [-0.2, 0) is 9.84 Å². The minimum atomic E-state index is -3.04. The van der Waals surface area contributed by atoms with E-state index in [1.54, 1.807) is 6.07 Å². The monoisotopic (exact) mass is 398 g/mol. The number of nitro groups is 1. The number of nitro benzene ring substituents is 1. The van der Waals surface area contributed by atoms with Crippen molar-refractivity contribution in [3.05, 3.63) is 38.4 Å². The second kappa shape index (κ2) is 6.21. The highest BCUT2D eigenvalue weighted by atomic mass is 35.5. The second-order valence-electron chi connectivity index (χ2n) is 7.15. The molecular formula is C17H19ClN2O5S. The van der Waals surface area contributed by atoms with Gasteiger partial charge in [0.15, 0.2) is 15.6 Å². The Morgan fingerprint density at radius 2 is 2.15 bits per heavy atom. The standard InChI is InChI=1S/C17H19ClN2O5S/c18-13-8-11-7-12-3-1-2-5-17(12,19-14-4-6-26(23,24)10-14)25-16(11)15(9-13)20(21)22/h7-9,14,19H,1-6,10H2. The van der Waals surface area contributed by atoms with Gasteiger partial charge in [-0.2, -0.15) is 0 Å². The van der Waals surface area contributed by atoms with Crippen LogP contribution in [0.2, 0.25) is 5.02 Å². The highest BCUT2D eigenvalue weighted by Crippen LogP contribution is 2.47. The predicted octanol–water partition coefficient (Wildman–Crippen LogP) is 3.07. The molecule has 2 fully saturated rings. The number of nitrogens with zero attached hydrogens (tertiary/aromatic N) is 1. The molecule has 0 aromatic heterocycles. The molecule has 3 aliphatic rings. The molecule has 9 heteroatoms. The van der Waals surface area contributed by atoms with Crippen LogP contribution >= 0.6 is 11.6 Å². The fourth-order valence-electron chi connectivity index (χ4n) is 4.11. The highest BCUT2D eigenvalue weighted by Gasteiger charge is 2.46. The summed E-state index contributed by atoms with van der Waals surface area (Å²) in [6.45, 7) is 0. The Labute approximate surface area is 156 Å². The molecule has 2 atom stereocenters. The zero-order valence-corrected chi connectivity index (χ0v) is 15.6. The molecule has 0 bridgehead atoms. The summed E-state index contributed by atoms with van der Waals surface area (Å²) >= 11 is 6.03. The van der Waals surface area contributed by atoms with Gasteiger partial charge in [-0.1, -0.05) is 11.6 Å². The fourth-order valence-corrected chi connectivity index (χ4v) is 6.00. The van der Waals surface area contributed by atoms with Gasteiger partial charge in [0.1, 0.15) is 0 Å². The molecule has 26 heavy (non-hydrogen) atoms. The van der Waals surface area contributed by atoms with E-state index in [1.165, 1.54) is 6.07 Å². The van der Waals surface area contributed by atoms with Crippen LogP contribution in [-0.4, -0.2) is 36.6 Å². The number of fused-ring (bicyclic) bond motifs is 2. The molecule has 0 spiro atoms. The van der Waals surface area contributed by atoms with E-state index in [-0.39, 0.29) is 34.0 Å². The minimum absolute atomic E-state index is 0.0704. The average Bonchev–Trinajstić information content (AvgIpc) is 2.90. The highest BCUT2D eigenvalue weighted by molar-refractivity contribution is 7.91. The van der Waals surface area contributed by atoms with Crippen molar-refractivity contribution in [2.45, 2.75) is 43.9 Å². The first-order valence-electron chi connectivity index (χ1n) is 8.64. The number of hydrogen-bond donors (Lipinski definition) is 1. The van der Waals surface area contributed by atoms with Gasteiger partial charge in [-0.05, 0) is 43.4 Å². The number of rotatable bonds is 3. The van der Waals surface area contributed by atoms with Gasteiger partial charge in [-0.3, -0.25) is 15.4 Å². The van der Waals surface area contributed by atoms with Gasteiger partial charge in [0.25, 0.3) is 0 Å². The first-order chi connectivity index (χ1) is 12.3. The molecule has 1 N–H and O–H groups in total. The van der Waals surface area contributed by atoms with Crippen molar-refractivity contribution in [2.24, 2.45) is 0 Å². The van der Waals surface area contributed by atoms with E-state index in [0.717, 1.165) is 24.8 Å². The molecule has 7 nitrogen and oxygen atoms in total. The van der Waals surface area contributed by atoms with Crippen LogP contribution in [0.1, 0.15) is 37.7 Å². The lowest BCUT2D eigenvalue weighted by atomic mass is 9.82. The van der Waals surface area contributed by atoms with Crippen LogP contribution in [0.4, 0.5) is 5.69 Å². The molecule has 1 aliphatic carbocycles. The van der Waals surface area contributed by atoms with E-state index in [4.69, 9.17) is 16.3 Å². The molecule has 0 amide bonds. The number of sulfone groups is 1. The molecule has 1 saturated carbocycles. The third-order valence-corrected chi connectivity index (χ3v) is 7.27. The van der Waals surface area contributed by atoms with Crippen molar-refractivity contribution < 1.29 is 18.1 Å². The van der Waals surface area contributed by atoms with Crippen LogP contribution in [0.3, 0.4) is 0 Å². The maximum absolute atomic E-state index is 11.8. The number of benzene rings is 1. The summed E-state index contributed by atoms with van der Waals surface area (Å²) < 4.78 is 29.9. The first-order valence-corrected chi connectivity index (χ1v) is 10.8. The maximum atomic E-state index is 11.8. The maximum Gasteiger partial charge on any atom is 0.313 e. The summed E-state index contributed by atoms with van der Waals surface area (Å²) in [6.07, 6.45) is 5.78. The quantitative estimate of drug-likeness (QED) is 0.620. The van der Waals surface area contributed by atoms with Gasteiger partial charge in [-0.15, -0.1) is 0 Å². The van der Waals surface area contributed by atoms with Crippen LogP contribution in [0.5, 0.6) is 5.75 Å². The van der Waals surface area contributed by atoms with E-state index in [9.17, 15) is 18.5 Å². The molecule has 2 unspecified atom stereocenters. The topological polar surface area (TPSA) is 98.5 Å². The van der Waals surface area contributed by atoms with Crippen molar-refractivity contribution in [1.82, 2.24) is 5.32 Å². The van der Waals surface area contributed by atoms with Gasteiger partial charge >= 0.3 is 5.69 Å². The Bertz CT molecular complexity index is 914. The van der Waals surface area contributed by atoms with Crippen molar-refractivity contribution in [2.75, 3.05) is 11.5 Å². The third kappa shape index (κ3) is 3.10. The SMILES string of the molecule is O=[N+]([O-])c1cc(Cl)cc2c1OC1(NC3CCS(=O)(=O)C3)CCCCC1=C2. The van der Waals surface area contributed by atoms with E-state index in [0.29, 0.717) is 18.4 Å². The van der Waals surface area contributed by atoms with Crippen LogP contribution in [0.15, 0.2) is 17.7 Å². The summed E-state index contributed by atoms with van der Waals surface area (Å²) in [6, 6.07) is 2.74. The number of ether oxygens (including phenoxy) is 1. The zero-order valence-electron chi connectivity index (χ0n) is 14.0. The molecule has 1 aromatic rings. The number of nitrogens with one attached hydrogen (secondary N) is 1. The smallest absolute Gasteiger partial charge is 0.313 e. The number of halogens is 1. The summed E-state index contributed by atoms with van der Waals surface area (Å²) in [5.74, 6) is 0.422. The molecule has 2 aliphatic heterocycles. The third-order valence-electron chi connectivity index (χ3n) is 5.28. The lowest BCUT2D eigenvalue weighted by molar-refractivity contribution is -0.386. The van der Waals surface area contributed by atoms with Gasteiger partial charge in [0, 0.05) is 29.1 Å². The van der Waals surface area contributed by atoms with Gasteiger partial charge in [-0.25, -0.2) is 8.42 Å². The van der Waals surface area contributed by atoms with Crippen molar-refractivity contribution in [3.63, 3.8) is 0 Å². The van der Waals surface area contributed by atoms with E-state index < -0.39 is 20.5 Å². The van der Waals surface area contributed by atoms with E-state index in [2.05, 4.69) is 5.32 Å². The largest absolute Gasteiger partial charge is 0.461 e. The Balaban J connectivity index is 1.75. The number of hydrogen-bond acceptors (Lipinski definition) is 6. The Morgan fingerprint density at radius 3 is 2.85 bits per heavy atom. The molecule has 1 aromatic carbocycles. The molecule has 4 rings (SSSR count). The molecule has 0 radical (unpaired) electrons. The van der Waals surface area contributed by atoms with Crippen LogP contribution in [0.25, 0.3) is 6.08 Å². The van der Waals surface area contributed by atoms with E-state index >= 15 is 0 Å². The predicted molar refractivity (Wildman–Crippen MR) is 98.1 cm³/mol. The van der Waals surface area contributed by atoms with Crippen molar-refractivity contribution in [1.29, 1.82) is 0 Å². The minimum Gasteiger partial charge on any atom is -0.461 e. The second-order valence-corrected chi connectivity index (χ2v) is 9.82. The van der Waals surface area contributed by atoms with Crippen LogP contribution in [0, 0.1) is 10.1 Å². The Hall–Kier alpha value is -1.64. The lowest BCUT2D eigenvalue weighted by Crippen LogP contribution is -2.58. The van der Waals surface area contributed by atoms with Gasteiger partial charge in [0.05, 0.1) is 16.4 Å². The average molecular weight is 399 g/mol. The Morgan fingerprint density at radius 1 is 1.35 bits per heavy atom. The fraction of sp³-hybridized carbons (Fsp3) is 0.529. The molecule has 140 valence electrons. The Kier molecular flexibility index (Phi) is 4.24. The van der Waals surface area contributed by atoms with Gasteiger partial charge < -0.3 is 4.74 Å². The van der Waals surface area contributed by atoms with Crippen LogP contribution < -0.4 is 10.1 Å². The molecule has 2 heterocycles. The van der Waals surface area contributed by atoms with Crippen molar-refractivity contribution >= 4 is 33.2 Å². The first kappa shape index (κ1) is 17.8. The summed E-state index contributed by atoms with van der Waals surface area (Å²) in [7, 11) is -3.04. The lowest BCUT2D eigenvalue weighted by Gasteiger charge is -2.44. The van der Waals surface area contributed by atoms with Gasteiger partial charge in [0.2, 0.25) is 5.75 Å². The molecular weight excluding hydrogens is 380 g/mol. The molecule has 1 saturated heterocycles. The zero-order chi connectivity index (χ0) is 18.5. The van der Waals surface area contributed by atoms with E-state index in [1.807, 2.05) is 6.08 Å². The summed E-state index contributed by atoms with van der Waals surface area (Å²) in [4.78, 5) is 11.0. The van der Waals surface area contributed by atoms with Crippen molar-refractivity contribution in [3.8, 4) is 5.75 Å².